The first-order valence-corrected chi connectivity index (χ1v) is 10.3. The van der Waals surface area contributed by atoms with Crippen LogP contribution in [0.2, 0.25) is 0 Å². The molecule has 0 spiro atoms. The van der Waals surface area contributed by atoms with Gasteiger partial charge in [-0.2, -0.15) is 4.31 Å². The van der Waals surface area contributed by atoms with Gasteiger partial charge < -0.3 is 4.74 Å². The topological polar surface area (TPSA) is 124 Å². The van der Waals surface area contributed by atoms with Gasteiger partial charge in [0, 0.05) is 24.2 Å². The van der Waals surface area contributed by atoms with Gasteiger partial charge in [0.05, 0.1) is 9.82 Å². The van der Waals surface area contributed by atoms with Crippen molar-refractivity contribution >= 4 is 27.5 Å². The number of hydrogen-bond acceptors (Lipinski definition) is 7. The van der Waals surface area contributed by atoms with Gasteiger partial charge in [-0.05, 0) is 25.0 Å². The summed E-state index contributed by atoms with van der Waals surface area (Å²) in [6.45, 7) is -0.365. The minimum Gasteiger partial charge on any atom is -0.456 e. The number of esters is 1. The average Bonchev–Trinajstić information content (AvgIpc) is 3.23. The molecule has 2 aromatic rings. The number of rotatable bonds is 7. The van der Waals surface area contributed by atoms with Gasteiger partial charge >= 0.3 is 5.97 Å². The van der Waals surface area contributed by atoms with Gasteiger partial charge in [0.15, 0.2) is 12.4 Å². The summed E-state index contributed by atoms with van der Waals surface area (Å²) >= 11 is 0. The van der Waals surface area contributed by atoms with Crippen LogP contribution in [0.5, 0.6) is 0 Å². The van der Waals surface area contributed by atoms with Crippen molar-refractivity contribution in [3.8, 4) is 0 Å². The number of Topliss-reactive ketones (excluding diaryl/α,β-unsaturated/α-hetero) is 1. The molecule has 0 aromatic heterocycles. The van der Waals surface area contributed by atoms with E-state index in [9.17, 15) is 28.1 Å². The van der Waals surface area contributed by atoms with Gasteiger partial charge in [0.1, 0.15) is 6.04 Å². The fraction of sp³-hybridized carbons (Fsp3) is 0.263. The second kappa shape index (κ2) is 8.50. The van der Waals surface area contributed by atoms with Crippen LogP contribution in [0, 0.1) is 10.1 Å². The van der Waals surface area contributed by atoms with E-state index in [0.29, 0.717) is 12.0 Å². The van der Waals surface area contributed by atoms with E-state index in [1.807, 2.05) is 0 Å². The molecular formula is C19H18N2O7S. The third-order valence-corrected chi connectivity index (χ3v) is 6.49. The number of hydrogen-bond donors (Lipinski definition) is 0. The van der Waals surface area contributed by atoms with Crippen molar-refractivity contribution in [3.63, 3.8) is 0 Å². The molecule has 0 unspecified atom stereocenters. The van der Waals surface area contributed by atoms with E-state index in [1.54, 1.807) is 30.3 Å². The molecule has 0 aliphatic carbocycles. The smallest absolute Gasteiger partial charge is 0.324 e. The molecule has 0 N–H and O–H groups in total. The molecule has 29 heavy (non-hydrogen) atoms. The molecule has 1 fully saturated rings. The summed E-state index contributed by atoms with van der Waals surface area (Å²) in [5.74, 6) is -1.18. The molecule has 9 nitrogen and oxygen atoms in total. The van der Waals surface area contributed by atoms with Crippen LogP contribution in [0.15, 0.2) is 59.5 Å². The monoisotopic (exact) mass is 418 g/mol. The predicted molar refractivity (Wildman–Crippen MR) is 102 cm³/mol. The van der Waals surface area contributed by atoms with E-state index >= 15 is 0 Å². The number of nitro benzene ring substituents is 1. The highest BCUT2D eigenvalue weighted by molar-refractivity contribution is 7.89. The molecule has 2 aromatic carbocycles. The highest BCUT2D eigenvalue weighted by Crippen LogP contribution is 2.28. The van der Waals surface area contributed by atoms with E-state index in [-0.39, 0.29) is 29.3 Å². The number of carbonyl (C=O) groups is 2. The lowest BCUT2D eigenvalue weighted by atomic mass is 10.1. The lowest BCUT2D eigenvalue weighted by molar-refractivity contribution is -0.384. The standard InChI is InChI=1S/C19H18N2O7S/c22-18(14-5-2-1-3-6-14)13-28-19(23)17-7-4-12-20(17)29(26,27)16-10-8-15(9-11-16)21(24)25/h1-3,5-6,8-11,17H,4,7,12-13H2/t17-/m0/s1. The minimum atomic E-state index is -4.04. The van der Waals surface area contributed by atoms with Gasteiger partial charge in [0.25, 0.3) is 5.69 Å². The molecule has 10 heteroatoms. The molecule has 3 rings (SSSR count). The highest BCUT2D eigenvalue weighted by Gasteiger charge is 2.40. The van der Waals surface area contributed by atoms with Gasteiger partial charge in [-0.15, -0.1) is 0 Å². The van der Waals surface area contributed by atoms with Crippen molar-refractivity contribution in [2.75, 3.05) is 13.2 Å². The number of carbonyl (C=O) groups excluding carboxylic acids is 2. The van der Waals surface area contributed by atoms with Crippen molar-refractivity contribution in [1.29, 1.82) is 0 Å². The van der Waals surface area contributed by atoms with E-state index in [0.717, 1.165) is 28.6 Å². The molecule has 0 bridgehead atoms. The molecule has 1 atom stereocenters. The Morgan fingerprint density at radius 1 is 1.10 bits per heavy atom. The molecule has 1 aliphatic heterocycles. The Morgan fingerprint density at radius 3 is 2.38 bits per heavy atom. The Labute approximate surface area is 167 Å². The zero-order chi connectivity index (χ0) is 21.0. The first-order chi connectivity index (χ1) is 13.8. The number of nitro groups is 1. The van der Waals surface area contributed by atoms with Gasteiger partial charge in [-0.25, -0.2) is 8.42 Å². The third-order valence-electron chi connectivity index (χ3n) is 4.57. The third kappa shape index (κ3) is 4.49. The first kappa shape index (κ1) is 20.6. The summed E-state index contributed by atoms with van der Waals surface area (Å²) in [6.07, 6.45) is 0.725. The lowest BCUT2D eigenvalue weighted by Gasteiger charge is -2.22. The fourth-order valence-corrected chi connectivity index (χ4v) is 4.73. The van der Waals surface area contributed by atoms with E-state index in [2.05, 4.69) is 0 Å². The summed E-state index contributed by atoms with van der Waals surface area (Å²) in [7, 11) is -4.04. The molecule has 0 saturated carbocycles. The first-order valence-electron chi connectivity index (χ1n) is 8.82. The van der Waals surface area contributed by atoms with Crippen LogP contribution < -0.4 is 0 Å². The molecule has 1 heterocycles. The number of benzene rings is 2. The Balaban J connectivity index is 1.70. The van der Waals surface area contributed by atoms with Crippen LogP contribution in [-0.2, 0) is 19.6 Å². The van der Waals surface area contributed by atoms with Gasteiger partial charge in [-0.3, -0.25) is 19.7 Å². The maximum absolute atomic E-state index is 12.9. The lowest BCUT2D eigenvalue weighted by Crippen LogP contribution is -2.41. The summed E-state index contributed by atoms with van der Waals surface area (Å²) < 4.78 is 31.8. The zero-order valence-electron chi connectivity index (χ0n) is 15.3. The summed E-state index contributed by atoms with van der Waals surface area (Å²) in [5.41, 5.74) is 0.155. The van der Waals surface area contributed by atoms with E-state index < -0.39 is 33.6 Å². The van der Waals surface area contributed by atoms with Gasteiger partial charge in [0.2, 0.25) is 10.0 Å². The summed E-state index contributed by atoms with van der Waals surface area (Å²) in [5, 5.41) is 10.7. The number of ether oxygens (including phenoxy) is 1. The van der Waals surface area contributed by atoms with Crippen molar-refractivity contribution in [3.05, 3.63) is 70.3 Å². The summed E-state index contributed by atoms with van der Waals surface area (Å²) in [4.78, 5) is 34.5. The molecule has 0 amide bonds. The van der Waals surface area contributed by atoms with Crippen molar-refractivity contribution in [2.24, 2.45) is 0 Å². The second-order valence-corrected chi connectivity index (χ2v) is 8.31. The van der Waals surface area contributed by atoms with Crippen LogP contribution in [0.4, 0.5) is 5.69 Å². The number of ketones is 1. The predicted octanol–water partition coefficient (Wildman–Crippen LogP) is 2.17. The molecule has 0 radical (unpaired) electrons. The van der Waals surface area contributed by atoms with Crippen LogP contribution in [0.3, 0.4) is 0 Å². The number of nitrogens with zero attached hydrogens (tertiary/aromatic N) is 2. The van der Waals surface area contributed by atoms with Crippen molar-refractivity contribution < 1.29 is 27.7 Å². The SMILES string of the molecule is O=C(COC(=O)[C@@H]1CCCN1S(=O)(=O)c1ccc([N+](=O)[O-])cc1)c1ccccc1. The second-order valence-electron chi connectivity index (χ2n) is 6.42. The average molecular weight is 418 g/mol. The maximum atomic E-state index is 12.9. The summed E-state index contributed by atoms with van der Waals surface area (Å²) in [6, 6.07) is 11.7. The Hall–Kier alpha value is -3.11. The van der Waals surface area contributed by atoms with Gasteiger partial charge in [-0.1, -0.05) is 30.3 Å². The van der Waals surface area contributed by atoms with Crippen LogP contribution in [-0.4, -0.2) is 48.6 Å². The Morgan fingerprint density at radius 2 is 1.76 bits per heavy atom. The van der Waals surface area contributed by atoms with Crippen molar-refractivity contribution in [1.82, 2.24) is 4.31 Å². The highest BCUT2D eigenvalue weighted by atomic mass is 32.2. The number of non-ortho nitro benzene ring substituents is 1. The molecule has 1 aliphatic rings. The Kier molecular flexibility index (Phi) is 6.04. The normalized spacial score (nSPS) is 17.0. The van der Waals surface area contributed by atoms with Crippen molar-refractivity contribution in [2.45, 2.75) is 23.8 Å². The molecule has 152 valence electrons. The van der Waals surface area contributed by atoms with Crippen LogP contribution in [0.1, 0.15) is 23.2 Å². The minimum absolute atomic E-state index is 0.117. The molecular weight excluding hydrogens is 400 g/mol. The largest absolute Gasteiger partial charge is 0.456 e. The molecule has 1 saturated heterocycles. The Bertz CT molecular complexity index is 1020. The zero-order valence-corrected chi connectivity index (χ0v) is 16.1. The van der Waals surface area contributed by atoms with E-state index in [4.69, 9.17) is 4.74 Å². The van der Waals surface area contributed by atoms with Crippen LogP contribution in [0.25, 0.3) is 0 Å². The quantitative estimate of drug-likeness (QED) is 0.292. The number of sulfonamides is 1. The maximum Gasteiger partial charge on any atom is 0.324 e. The van der Waals surface area contributed by atoms with Crippen LogP contribution >= 0.6 is 0 Å². The fourth-order valence-electron chi connectivity index (χ4n) is 3.08. The van der Waals surface area contributed by atoms with E-state index in [1.165, 1.54) is 0 Å².